The fourth-order valence-electron chi connectivity index (χ4n) is 4.51. The van der Waals surface area contributed by atoms with E-state index in [4.69, 9.17) is 39.5 Å². The molecule has 2 aliphatic rings. The molecule has 202 valence electrons. The van der Waals surface area contributed by atoms with E-state index in [0.29, 0.717) is 31.1 Å². The number of carbonyl (C=O) groups is 4. The predicted molar refractivity (Wildman–Crippen MR) is 146 cm³/mol. The van der Waals surface area contributed by atoms with Crippen LogP contribution in [0.1, 0.15) is 16.4 Å². The van der Waals surface area contributed by atoms with E-state index in [1.54, 1.807) is 6.07 Å². The van der Waals surface area contributed by atoms with E-state index >= 15 is 0 Å². The Labute approximate surface area is 243 Å². The van der Waals surface area contributed by atoms with Crippen LogP contribution in [-0.4, -0.2) is 57.1 Å². The number of carboxylic acids is 1. The van der Waals surface area contributed by atoms with Crippen LogP contribution in [0.2, 0.25) is 15.1 Å². The average molecular weight is 629 g/mol. The second kappa shape index (κ2) is 10.9. The molecule has 2 aliphatic heterocycles. The number of halogens is 3. The molecule has 1 saturated heterocycles. The number of nitrogens with one attached hydrogen (secondary N) is 2. The van der Waals surface area contributed by atoms with Gasteiger partial charge in [0.1, 0.15) is 17.5 Å². The number of hydrogen-bond acceptors (Lipinski definition) is 8. The van der Waals surface area contributed by atoms with Crippen molar-refractivity contribution >= 4 is 87.3 Å². The highest BCUT2D eigenvalue weighted by atomic mass is 35.5. The molecule has 0 saturated carbocycles. The van der Waals surface area contributed by atoms with Gasteiger partial charge in [0, 0.05) is 27.1 Å². The summed E-state index contributed by atoms with van der Waals surface area (Å²) in [5, 5.41) is 12.2. The zero-order valence-corrected chi connectivity index (χ0v) is 23.3. The number of ether oxygens (including phenoxy) is 1. The maximum Gasteiger partial charge on any atom is 0.323 e. The van der Waals surface area contributed by atoms with Gasteiger partial charge in [-0.05, 0) is 36.4 Å². The van der Waals surface area contributed by atoms with Crippen LogP contribution in [0.15, 0.2) is 46.2 Å². The molecule has 3 N–H and O–H groups in total. The normalized spacial score (nSPS) is 20.0. The topological polar surface area (TPSA) is 146 Å². The highest BCUT2D eigenvalue weighted by Gasteiger charge is 2.56. The standard InChI is InChI=1S/C24H16Cl3N3O7S2/c25-9-1-4-14(37-8-15(31)28-10-2-3-12(26)13(27)6-10)11(5-9)17-18-20(38-21-19(17)39-24(36)29-21)23(35)30(22(18)34)7-16(32)33/h1-6,17-18,20H,7-8H2,(H,28,31)(H,29,36)(H,32,33)/t17-,18?,20?/m1/s1. The summed E-state index contributed by atoms with van der Waals surface area (Å²) < 4.78 is 5.83. The minimum absolute atomic E-state index is 0.197. The van der Waals surface area contributed by atoms with Gasteiger partial charge in [-0.15, -0.1) is 0 Å². The quantitative estimate of drug-likeness (QED) is 0.332. The van der Waals surface area contributed by atoms with Crippen molar-refractivity contribution in [3.63, 3.8) is 0 Å². The summed E-state index contributed by atoms with van der Waals surface area (Å²) in [6.07, 6.45) is 0. The largest absolute Gasteiger partial charge is 0.483 e. The van der Waals surface area contributed by atoms with Crippen LogP contribution in [0.4, 0.5) is 5.69 Å². The summed E-state index contributed by atoms with van der Waals surface area (Å²) in [5.74, 6) is -4.88. The maximum atomic E-state index is 13.4. The molecule has 3 heterocycles. The molecular formula is C24H16Cl3N3O7S2. The first-order valence-corrected chi connectivity index (χ1v) is 14.0. The van der Waals surface area contributed by atoms with Crippen molar-refractivity contribution in [1.82, 2.24) is 9.88 Å². The molecule has 2 aromatic carbocycles. The van der Waals surface area contributed by atoms with Crippen LogP contribution in [0.25, 0.3) is 0 Å². The van der Waals surface area contributed by atoms with Crippen molar-refractivity contribution in [2.45, 2.75) is 16.2 Å². The number of H-pyrrole nitrogens is 1. The minimum Gasteiger partial charge on any atom is -0.483 e. The van der Waals surface area contributed by atoms with Crippen molar-refractivity contribution in [2.24, 2.45) is 5.92 Å². The van der Waals surface area contributed by atoms with Crippen LogP contribution in [-0.2, 0) is 19.2 Å². The maximum absolute atomic E-state index is 13.4. The number of thioether (sulfide) groups is 1. The number of aromatic amines is 1. The van der Waals surface area contributed by atoms with Gasteiger partial charge >= 0.3 is 10.8 Å². The van der Waals surface area contributed by atoms with Gasteiger partial charge in [-0.2, -0.15) is 0 Å². The Hall–Kier alpha value is -3.03. The molecule has 1 aromatic heterocycles. The number of thiazole rings is 1. The minimum atomic E-state index is -1.33. The molecular weight excluding hydrogens is 613 g/mol. The van der Waals surface area contributed by atoms with Crippen LogP contribution in [0.5, 0.6) is 5.75 Å². The van der Waals surface area contributed by atoms with Crippen molar-refractivity contribution in [3.8, 4) is 5.75 Å². The van der Waals surface area contributed by atoms with Crippen LogP contribution in [0, 0.1) is 5.92 Å². The molecule has 3 atom stereocenters. The van der Waals surface area contributed by atoms with E-state index < -0.39 is 53.9 Å². The number of rotatable bonds is 7. The monoisotopic (exact) mass is 627 g/mol. The molecule has 0 bridgehead atoms. The van der Waals surface area contributed by atoms with Crippen molar-refractivity contribution in [2.75, 3.05) is 18.5 Å². The smallest absolute Gasteiger partial charge is 0.323 e. The summed E-state index contributed by atoms with van der Waals surface area (Å²) in [6.45, 7) is -1.21. The lowest BCUT2D eigenvalue weighted by Crippen LogP contribution is -2.36. The van der Waals surface area contributed by atoms with E-state index in [-0.39, 0.29) is 20.7 Å². The first-order valence-electron chi connectivity index (χ1n) is 11.2. The average Bonchev–Trinajstić information content (AvgIpc) is 3.36. The number of hydrogen-bond donors (Lipinski definition) is 3. The third-order valence-electron chi connectivity index (χ3n) is 6.08. The molecule has 0 radical (unpaired) electrons. The van der Waals surface area contributed by atoms with Crippen LogP contribution < -0.4 is 14.9 Å². The van der Waals surface area contributed by atoms with Crippen molar-refractivity contribution in [3.05, 3.63) is 71.6 Å². The van der Waals surface area contributed by atoms with E-state index in [1.807, 2.05) is 0 Å². The number of imide groups is 1. The molecule has 2 unspecified atom stereocenters. The third kappa shape index (κ3) is 5.39. The first-order chi connectivity index (χ1) is 18.5. The molecule has 15 heteroatoms. The van der Waals surface area contributed by atoms with Gasteiger partial charge in [-0.1, -0.05) is 57.9 Å². The summed E-state index contributed by atoms with van der Waals surface area (Å²) in [4.78, 5) is 66.2. The second-order valence-electron chi connectivity index (χ2n) is 8.55. The Morgan fingerprint density at radius 2 is 1.82 bits per heavy atom. The van der Waals surface area contributed by atoms with E-state index in [1.165, 1.54) is 30.3 Å². The number of carboxylic acid groups (broad SMARTS) is 1. The molecule has 0 spiro atoms. The predicted octanol–water partition coefficient (Wildman–Crippen LogP) is 4.09. The SMILES string of the molecule is O=C(O)CN1C(=O)C2Sc3[nH]c(=O)sc3[C@H](c3cc(Cl)ccc3OCC(=O)Nc3ccc(Cl)c(Cl)c3)C2C1=O. The molecule has 10 nitrogen and oxygen atoms in total. The molecule has 5 rings (SSSR count). The van der Waals surface area contributed by atoms with Crippen LogP contribution in [0.3, 0.4) is 0 Å². The van der Waals surface area contributed by atoms with Crippen molar-refractivity contribution < 1.29 is 29.0 Å². The van der Waals surface area contributed by atoms with E-state index in [2.05, 4.69) is 10.3 Å². The highest BCUT2D eigenvalue weighted by molar-refractivity contribution is 8.00. The van der Waals surface area contributed by atoms with Gasteiger partial charge in [0.2, 0.25) is 11.8 Å². The first kappa shape index (κ1) is 27.5. The van der Waals surface area contributed by atoms with Gasteiger partial charge in [0.05, 0.1) is 21.0 Å². The lowest BCUT2D eigenvalue weighted by atomic mass is 9.82. The van der Waals surface area contributed by atoms with Crippen molar-refractivity contribution in [1.29, 1.82) is 0 Å². The Bertz CT molecular complexity index is 1590. The number of likely N-dealkylation sites (tertiary alicyclic amines) is 1. The number of amides is 3. The number of aliphatic carboxylic acids is 1. The number of carbonyl (C=O) groups excluding carboxylic acids is 3. The van der Waals surface area contributed by atoms with Gasteiger partial charge in [0.15, 0.2) is 6.61 Å². The Kier molecular flexibility index (Phi) is 7.66. The fraction of sp³-hybridized carbons (Fsp3) is 0.208. The summed E-state index contributed by atoms with van der Waals surface area (Å²) >= 11 is 20.1. The van der Waals surface area contributed by atoms with Gasteiger partial charge in [0.25, 0.3) is 5.91 Å². The lowest BCUT2D eigenvalue weighted by molar-refractivity contribution is -0.149. The molecule has 3 amide bonds. The number of benzene rings is 2. The number of anilines is 1. The van der Waals surface area contributed by atoms with Crippen LogP contribution >= 0.6 is 57.9 Å². The fourth-order valence-corrected chi connectivity index (χ4v) is 7.52. The zero-order valence-electron chi connectivity index (χ0n) is 19.4. The molecule has 0 aliphatic carbocycles. The van der Waals surface area contributed by atoms with Gasteiger partial charge in [-0.3, -0.25) is 28.9 Å². The Morgan fingerprint density at radius 3 is 2.54 bits per heavy atom. The van der Waals surface area contributed by atoms with Gasteiger partial charge in [-0.25, -0.2) is 0 Å². The van der Waals surface area contributed by atoms with E-state index in [9.17, 15) is 29.1 Å². The third-order valence-corrected chi connectivity index (χ3v) is 9.45. The number of fused-ring (bicyclic) bond motifs is 2. The lowest BCUT2D eigenvalue weighted by Gasteiger charge is -2.31. The molecule has 3 aromatic rings. The molecule has 1 fully saturated rings. The number of nitrogens with zero attached hydrogens (tertiary/aromatic N) is 1. The summed E-state index contributed by atoms with van der Waals surface area (Å²) in [6, 6.07) is 9.17. The van der Waals surface area contributed by atoms with E-state index in [0.717, 1.165) is 23.1 Å². The molecule has 39 heavy (non-hydrogen) atoms. The Morgan fingerprint density at radius 1 is 1.05 bits per heavy atom. The zero-order chi connectivity index (χ0) is 28.0. The summed E-state index contributed by atoms with van der Waals surface area (Å²) in [7, 11) is 0. The second-order valence-corrected chi connectivity index (χ2v) is 12.0. The summed E-state index contributed by atoms with van der Waals surface area (Å²) in [5.41, 5.74) is 0.770. The number of aromatic nitrogens is 1. The highest BCUT2D eigenvalue weighted by Crippen LogP contribution is 2.54. The Balaban J connectivity index is 1.48. The van der Waals surface area contributed by atoms with Gasteiger partial charge < -0.3 is 20.1 Å².